The molecule has 5 nitrogen and oxygen atoms in total. The zero-order valence-corrected chi connectivity index (χ0v) is 19.4. The summed E-state index contributed by atoms with van der Waals surface area (Å²) in [7, 11) is 0. The predicted octanol–water partition coefficient (Wildman–Crippen LogP) is 6.32. The number of oxime groups is 1. The number of carboxylic acids is 1. The van der Waals surface area contributed by atoms with E-state index in [0.717, 1.165) is 41.9 Å². The molecule has 1 aromatic carbocycles. The molecule has 0 amide bonds. The molecule has 1 fully saturated rings. The van der Waals surface area contributed by atoms with Gasteiger partial charge in [0.2, 0.25) is 0 Å². The van der Waals surface area contributed by atoms with Crippen molar-refractivity contribution < 1.29 is 27.9 Å². The van der Waals surface area contributed by atoms with Gasteiger partial charge in [0, 0.05) is 18.0 Å². The van der Waals surface area contributed by atoms with Crippen molar-refractivity contribution in [1.82, 2.24) is 5.32 Å². The normalized spacial score (nSPS) is 15.6. The molecule has 2 N–H and O–H groups in total. The summed E-state index contributed by atoms with van der Waals surface area (Å²) in [5.41, 5.74) is 0.905. The summed E-state index contributed by atoms with van der Waals surface area (Å²) >= 11 is 1.50. The first-order chi connectivity index (χ1) is 15.7. The Labute approximate surface area is 195 Å². The van der Waals surface area contributed by atoms with Crippen LogP contribution in [0.2, 0.25) is 0 Å². The number of hydrogen-bond acceptors (Lipinski definition) is 5. The van der Waals surface area contributed by atoms with Crippen molar-refractivity contribution in [2.45, 2.75) is 70.7 Å². The number of carbonyl (C=O) groups is 1. The van der Waals surface area contributed by atoms with Gasteiger partial charge in [-0.3, -0.25) is 4.79 Å². The van der Waals surface area contributed by atoms with Crippen molar-refractivity contribution in [1.29, 1.82) is 0 Å². The molecule has 1 aliphatic rings. The molecular formula is C24H29F3N2O3S. The summed E-state index contributed by atoms with van der Waals surface area (Å²) < 4.78 is 41.1. The zero-order valence-electron chi connectivity index (χ0n) is 18.6. The lowest BCUT2D eigenvalue weighted by Gasteiger charge is -2.25. The van der Waals surface area contributed by atoms with Crippen LogP contribution in [0.15, 0.2) is 35.5 Å². The number of carboxylic acid groups (broad SMARTS) is 1. The SMILES string of the molecule is C/C(=N/OCc1ccc(C2CCCCC2)c(C(F)(F)F)c1)c1ccc(CNCCC(=O)O)s1. The van der Waals surface area contributed by atoms with Crippen LogP contribution in [0.1, 0.15) is 77.8 Å². The molecule has 2 aromatic rings. The van der Waals surface area contributed by atoms with E-state index in [1.807, 2.05) is 12.1 Å². The van der Waals surface area contributed by atoms with Gasteiger partial charge in [-0.05, 0) is 55.0 Å². The molecule has 0 aliphatic heterocycles. The number of alkyl halides is 3. The van der Waals surface area contributed by atoms with E-state index in [2.05, 4.69) is 10.5 Å². The first-order valence-electron chi connectivity index (χ1n) is 11.1. The largest absolute Gasteiger partial charge is 0.481 e. The van der Waals surface area contributed by atoms with E-state index >= 15 is 0 Å². The van der Waals surface area contributed by atoms with Crippen LogP contribution in [0.5, 0.6) is 0 Å². The van der Waals surface area contributed by atoms with Crippen molar-refractivity contribution >= 4 is 23.0 Å². The lowest BCUT2D eigenvalue weighted by atomic mass is 9.81. The molecule has 0 spiro atoms. The first kappa shape index (κ1) is 25.2. The van der Waals surface area contributed by atoms with E-state index in [0.29, 0.717) is 29.9 Å². The van der Waals surface area contributed by atoms with Gasteiger partial charge < -0.3 is 15.3 Å². The van der Waals surface area contributed by atoms with Gasteiger partial charge >= 0.3 is 12.1 Å². The van der Waals surface area contributed by atoms with Crippen LogP contribution >= 0.6 is 11.3 Å². The standard InChI is InChI=1S/C24H29F3N2O3S/c1-16(22-10-8-19(33-22)14-28-12-11-23(30)31)29-32-15-17-7-9-20(18-5-3-2-4-6-18)21(13-17)24(25,26)27/h7-10,13,18,28H,2-6,11-12,14-15H2,1H3,(H,30,31)/b29-16-. The number of aliphatic carboxylic acids is 1. The van der Waals surface area contributed by atoms with Gasteiger partial charge in [-0.25, -0.2) is 0 Å². The smallest absolute Gasteiger partial charge is 0.416 e. The molecule has 0 unspecified atom stereocenters. The first-order valence-corrected chi connectivity index (χ1v) is 11.9. The molecule has 1 heterocycles. The maximum Gasteiger partial charge on any atom is 0.416 e. The minimum atomic E-state index is -4.39. The van der Waals surface area contributed by atoms with Crippen LogP contribution in [-0.4, -0.2) is 23.3 Å². The fraction of sp³-hybridized carbons (Fsp3) is 0.500. The van der Waals surface area contributed by atoms with E-state index in [1.165, 1.54) is 17.4 Å². The quantitative estimate of drug-likeness (QED) is 0.236. The summed E-state index contributed by atoms with van der Waals surface area (Å²) in [6, 6.07) is 8.32. The maximum atomic E-state index is 13.7. The van der Waals surface area contributed by atoms with Crippen molar-refractivity contribution in [3.8, 4) is 0 Å². The highest BCUT2D eigenvalue weighted by Gasteiger charge is 2.35. The number of nitrogens with one attached hydrogen (secondary N) is 1. The fourth-order valence-electron chi connectivity index (χ4n) is 4.03. The van der Waals surface area contributed by atoms with Crippen LogP contribution < -0.4 is 5.32 Å². The average molecular weight is 483 g/mol. The molecule has 0 radical (unpaired) electrons. The minimum Gasteiger partial charge on any atom is -0.481 e. The van der Waals surface area contributed by atoms with Crippen molar-refractivity contribution in [3.63, 3.8) is 0 Å². The summed E-state index contributed by atoms with van der Waals surface area (Å²) in [6.07, 6.45) is 0.320. The van der Waals surface area contributed by atoms with E-state index in [1.54, 1.807) is 19.1 Å². The van der Waals surface area contributed by atoms with Gasteiger partial charge in [0.1, 0.15) is 6.61 Å². The highest BCUT2D eigenvalue weighted by molar-refractivity contribution is 7.14. The van der Waals surface area contributed by atoms with Crippen LogP contribution in [0.25, 0.3) is 0 Å². The summed E-state index contributed by atoms with van der Waals surface area (Å²) in [6.45, 7) is 2.68. The third kappa shape index (κ3) is 7.57. The van der Waals surface area contributed by atoms with Crippen LogP contribution in [0, 0.1) is 0 Å². The molecular weight excluding hydrogens is 453 g/mol. The minimum absolute atomic E-state index is 0.0303. The molecule has 0 atom stereocenters. The average Bonchev–Trinajstić information content (AvgIpc) is 3.26. The van der Waals surface area contributed by atoms with E-state index in [9.17, 15) is 18.0 Å². The lowest BCUT2D eigenvalue weighted by molar-refractivity contribution is -0.139. The molecule has 0 saturated heterocycles. The van der Waals surface area contributed by atoms with Crippen LogP contribution in [0.4, 0.5) is 13.2 Å². The van der Waals surface area contributed by atoms with E-state index in [-0.39, 0.29) is 18.9 Å². The second-order valence-corrected chi connectivity index (χ2v) is 9.46. The number of halogens is 3. The van der Waals surface area contributed by atoms with Crippen molar-refractivity contribution in [2.24, 2.45) is 5.16 Å². The highest BCUT2D eigenvalue weighted by Crippen LogP contribution is 2.41. The molecule has 9 heteroatoms. The molecule has 33 heavy (non-hydrogen) atoms. The molecule has 180 valence electrons. The Morgan fingerprint density at radius 1 is 1.21 bits per heavy atom. The molecule has 1 aliphatic carbocycles. The monoisotopic (exact) mass is 482 g/mol. The third-order valence-electron chi connectivity index (χ3n) is 5.73. The molecule has 0 bridgehead atoms. The number of nitrogens with zero attached hydrogens (tertiary/aromatic N) is 1. The second kappa shape index (κ2) is 11.7. The zero-order chi connectivity index (χ0) is 23.8. The molecule has 1 aromatic heterocycles. The topological polar surface area (TPSA) is 70.9 Å². The third-order valence-corrected chi connectivity index (χ3v) is 6.93. The predicted molar refractivity (Wildman–Crippen MR) is 123 cm³/mol. The van der Waals surface area contributed by atoms with Gasteiger partial charge in [0.25, 0.3) is 0 Å². The Hall–Kier alpha value is -2.39. The molecule has 3 rings (SSSR count). The van der Waals surface area contributed by atoms with Crippen LogP contribution in [0.3, 0.4) is 0 Å². The van der Waals surface area contributed by atoms with E-state index in [4.69, 9.17) is 9.94 Å². The summed E-state index contributed by atoms with van der Waals surface area (Å²) in [5, 5.41) is 15.8. The Morgan fingerprint density at radius 3 is 2.67 bits per heavy atom. The number of rotatable bonds is 10. The van der Waals surface area contributed by atoms with Gasteiger partial charge in [0.05, 0.1) is 22.6 Å². The molecule has 1 saturated carbocycles. The van der Waals surface area contributed by atoms with Gasteiger partial charge in [-0.2, -0.15) is 13.2 Å². The van der Waals surface area contributed by atoms with Gasteiger partial charge in [0.15, 0.2) is 0 Å². The number of thiophene rings is 1. The number of benzene rings is 1. The van der Waals surface area contributed by atoms with Crippen molar-refractivity contribution in [3.05, 3.63) is 56.8 Å². The van der Waals surface area contributed by atoms with E-state index < -0.39 is 17.7 Å². The number of hydrogen-bond donors (Lipinski definition) is 2. The maximum absolute atomic E-state index is 13.7. The summed E-state index contributed by atoms with van der Waals surface area (Å²) in [4.78, 5) is 17.8. The Bertz CT molecular complexity index is 966. The Balaban J connectivity index is 1.59. The van der Waals surface area contributed by atoms with Gasteiger partial charge in [-0.15, -0.1) is 11.3 Å². The summed E-state index contributed by atoms with van der Waals surface area (Å²) in [5.74, 6) is -0.877. The van der Waals surface area contributed by atoms with Crippen molar-refractivity contribution in [2.75, 3.05) is 6.54 Å². The Morgan fingerprint density at radius 2 is 1.97 bits per heavy atom. The van der Waals surface area contributed by atoms with Crippen LogP contribution in [-0.2, 0) is 29.0 Å². The van der Waals surface area contributed by atoms with Gasteiger partial charge in [-0.1, -0.05) is 36.6 Å². The lowest BCUT2D eigenvalue weighted by Crippen LogP contribution is -2.16. The fourth-order valence-corrected chi connectivity index (χ4v) is 4.95. The highest BCUT2D eigenvalue weighted by atomic mass is 32.1. The Kier molecular flexibility index (Phi) is 8.91. The second-order valence-electron chi connectivity index (χ2n) is 8.29.